The van der Waals surface area contributed by atoms with E-state index in [9.17, 15) is 14.7 Å². The number of fused-ring (bicyclic) bond motifs is 2. The lowest BCUT2D eigenvalue weighted by atomic mass is 9.92. The van der Waals surface area contributed by atoms with Crippen LogP contribution in [-0.4, -0.2) is 27.9 Å². The van der Waals surface area contributed by atoms with Gasteiger partial charge in [0.2, 0.25) is 5.91 Å². The van der Waals surface area contributed by atoms with E-state index in [1.807, 2.05) is 48.5 Å². The molecule has 1 N–H and O–H groups in total. The molecular weight excluding hydrogens is 294 g/mol. The zero-order valence-electron chi connectivity index (χ0n) is 12.3. The molecule has 0 bridgehead atoms. The van der Waals surface area contributed by atoms with Gasteiger partial charge in [0.05, 0.1) is 6.04 Å². The molecule has 2 aliphatic rings. The van der Waals surface area contributed by atoms with E-state index in [-0.39, 0.29) is 12.3 Å². The molecular formula is C18H15NO4. The van der Waals surface area contributed by atoms with Gasteiger partial charge in [0.15, 0.2) is 0 Å². The number of carboxylic acids is 1. The maximum absolute atomic E-state index is 12.4. The molecule has 0 radical (unpaired) electrons. The number of amides is 1. The minimum Gasteiger partial charge on any atom is -0.480 e. The first-order chi connectivity index (χ1) is 11.2. The topological polar surface area (TPSA) is 66.8 Å². The van der Waals surface area contributed by atoms with Gasteiger partial charge in [-0.3, -0.25) is 4.79 Å². The predicted molar refractivity (Wildman–Crippen MR) is 82.3 cm³/mol. The van der Waals surface area contributed by atoms with Crippen molar-refractivity contribution >= 4 is 11.9 Å². The first-order valence-electron chi connectivity index (χ1n) is 7.56. The van der Waals surface area contributed by atoms with Crippen LogP contribution in [0.25, 0.3) is 0 Å². The van der Waals surface area contributed by atoms with Crippen LogP contribution in [0.2, 0.25) is 0 Å². The van der Waals surface area contributed by atoms with E-state index >= 15 is 0 Å². The van der Waals surface area contributed by atoms with Crippen molar-refractivity contribution in [2.75, 3.05) is 0 Å². The van der Waals surface area contributed by atoms with Crippen LogP contribution < -0.4 is 4.74 Å². The number of carboxylic acid groups (broad SMARTS) is 1. The number of rotatable bonds is 2. The van der Waals surface area contributed by atoms with Crippen LogP contribution in [0.4, 0.5) is 0 Å². The normalized spacial score (nSPS) is 19.9. The van der Waals surface area contributed by atoms with Gasteiger partial charge in [-0.25, -0.2) is 4.79 Å². The fraction of sp³-hybridized carbons (Fsp3) is 0.222. The standard InChI is InChI=1S/C18H15NO4/c20-16-10-9-13(18(21)22)19(16)17-11-5-1-3-7-14(11)23-15-8-4-2-6-12(15)17/h1-8,13,17H,9-10H2,(H,21,22)/t13-/m1/s1. The zero-order chi connectivity index (χ0) is 16.0. The number of carbonyl (C=O) groups is 2. The summed E-state index contributed by atoms with van der Waals surface area (Å²) in [6.07, 6.45) is 0.606. The Morgan fingerprint density at radius 2 is 1.61 bits per heavy atom. The van der Waals surface area contributed by atoms with Gasteiger partial charge < -0.3 is 14.7 Å². The van der Waals surface area contributed by atoms with Gasteiger partial charge in [-0.2, -0.15) is 0 Å². The van der Waals surface area contributed by atoms with E-state index in [4.69, 9.17) is 4.74 Å². The Bertz CT molecular complexity index is 756. The van der Waals surface area contributed by atoms with Crippen molar-refractivity contribution in [1.82, 2.24) is 4.90 Å². The van der Waals surface area contributed by atoms with Crippen LogP contribution in [0, 0.1) is 0 Å². The third-order valence-corrected chi connectivity index (χ3v) is 4.47. The highest BCUT2D eigenvalue weighted by Gasteiger charge is 2.44. The maximum Gasteiger partial charge on any atom is 0.326 e. The second kappa shape index (κ2) is 5.12. The van der Waals surface area contributed by atoms with E-state index in [1.165, 1.54) is 4.90 Å². The number of hydrogen-bond donors (Lipinski definition) is 1. The number of aliphatic carboxylic acids is 1. The number of hydrogen-bond acceptors (Lipinski definition) is 3. The molecule has 1 saturated heterocycles. The molecule has 2 heterocycles. The molecule has 23 heavy (non-hydrogen) atoms. The summed E-state index contributed by atoms with van der Waals surface area (Å²) in [7, 11) is 0. The molecule has 1 atom stereocenters. The van der Waals surface area contributed by atoms with Crippen molar-refractivity contribution in [2.45, 2.75) is 24.9 Å². The highest BCUT2D eigenvalue weighted by Crippen LogP contribution is 2.47. The summed E-state index contributed by atoms with van der Waals surface area (Å²) in [6.45, 7) is 0. The van der Waals surface area contributed by atoms with Gasteiger partial charge in [0.1, 0.15) is 17.5 Å². The average Bonchev–Trinajstić information content (AvgIpc) is 2.94. The van der Waals surface area contributed by atoms with Gasteiger partial charge >= 0.3 is 5.97 Å². The molecule has 1 fully saturated rings. The summed E-state index contributed by atoms with van der Waals surface area (Å²) in [5.41, 5.74) is 1.65. The van der Waals surface area contributed by atoms with E-state index in [0.29, 0.717) is 17.9 Å². The number of carbonyl (C=O) groups excluding carboxylic acids is 1. The molecule has 2 aliphatic heterocycles. The quantitative estimate of drug-likeness (QED) is 0.926. The van der Waals surface area contributed by atoms with Crippen LogP contribution >= 0.6 is 0 Å². The summed E-state index contributed by atoms with van der Waals surface area (Å²) >= 11 is 0. The number of para-hydroxylation sites is 2. The number of ether oxygens (including phenoxy) is 1. The van der Waals surface area contributed by atoms with Crippen LogP contribution in [0.5, 0.6) is 11.5 Å². The molecule has 0 saturated carbocycles. The van der Waals surface area contributed by atoms with Crippen molar-refractivity contribution in [3.05, 3.63) is 59.7 Å². The Morgan fingerprint density at radius 3 is 2.17 bits per heavy atom. The third kappa shape index (κ3) is 2.08. The Morgan fingerprint density at radius 1 is 1.04 bits per heavy atom. The molecule has 2 aromatic rings. The zero-order valence-corrected chi connectivity index (χ0v) is 12.3. The minimum absolute atomic E-state index is 0.131. The largest absolute Gasteiger partial charge is 0.480 e. The van der Waals surface area contributed by atoms with Gasteiger partial charge in [-0.15, -0.1) is 0 Å². The van der Waals surface area contributed by atoms with Crippen LogP contribution in [0.3, 0.4) is 0 Å². The summed E-state index contributed by atoms with van der Waals surface area (Å²) in [4.78, 5) is 25.5. The maximum atomic E-state index is 12.4. The fourth-order valence-corrected chi connectivity index (χ4v) is 3.45. The highest BCUT2D eigenvalue weighted by molar-refractivity contribution is 5.88. The van der Waals surface area contributed by atoms with Gasteiger partial charge in [0.25, 0.3) is 0 Å². The van der Waals surface area contributed by atoms with Crippen LogP contribution in [0.1, 0.15) is 30.0 Å². The highest BCUT2D eigenvalue weighted by atomic mass is 16.5. The molecule has 4 rings (SSSR count). The minimum atomic E-state index is -0.961. The van der Waals surface area contributed by atoms with Crippen molar-refractivity contribution in [3.8, 4) is 11.5 Å². The Balaban J connectivity index is 1.90. The first kappa shape index (κ1) is 13.8. The fourth-order valence-electron chi connectivity index (χ4n) is 3.45. The first-order valence-corrected chi connectivity index (χ1v) is 7.56. The molecule has 2 aromatic carbocycles. The molecule has 0 aliphatic carbocycles. The lowest BCUT2D eigenvalue weighted by Crippen LogP contribution is -2.42. The van der Waals surface area contributed by atoms with E-state index in [1.54, 1.807) is 0 Å². The summed E-state index contributed by atoms with van der Waals surface area (Å²) in [6, 6.07) is 13.7. The molecule has 116 valence electrons. The Hall–Kier alpha value is -2.82. The number of benzene rings is 2. The van der Waals surface area contributed by atoms with Gasteiger partial charge in [0, 0.05) is 17.5 Å². The summed E-state index contributed by atoms with van der Waals surface area (Å²) in [5.74, 6) is 0.242. The number of nitrogens with zero attached hydrogens (tertiary/aromatic N) is 1. The van der Waals surface area contributed by atoms with Crippen LogP contribution in [-0.2, 0) is 9.59 Å². The third-order valence-electron chi connectivity index (χ3n) is 4.47. The monoisotopic (exact) mass is 309 g/mol. The van der Waals surface area contributed by atoms with Crippen molar-refractivity contribution in [1.29, 1.82) is 0 Å². The lowest BCUT2D eigenvalue weighted by Gasteiger charge is -2.36. The van der Waals surface area contributed by atoms with Crippen molar-refractivity contribution in [3.63, 3.8) is 0 Å². The molecule has 1 amide bonds. The molecule has 5 heteroatoms. The smallest absolute Gasteiger partial charge is 0.326 e. The van der Waals surface area contributed by atoms with E-state index in [0.717, 1.165) is 11.1 Å². The second-order valence-electron chi connectivity index (χ2n) is 5.77. The van der Waals surface area contributed by atoms with Gasteiger partial charge in [-0.05, 0) is 18.6 Å². The predicted octanol–water partition coefficient (Wildman–Crippen LogP) is 2.96. The van der Waals surface area contributed by atoms with E-state index < -0.39 is 18.1 Å². The number of likely N-dealkylation sites (tertiary alicyclic amines) is 1. The molecule has 5 nitrogen and oxygen atoms in total. The molecule has 0 unspecified atom stereocenters. The van der Waals surface area contributed by atoms with E-state index in [2.05, 4.69) is 0 Å². The average molecular weight is 309 g/mol. The summed E-state index contributed by atoms with van der Waals surface area (Å²) < 4.78 is 5.91. The molecule has 0 aromatic heterocycles. The van der Waals surface area contributed by atoms with Crippen LogP contribution in [0.15, 0.2) is 48.5 Å². The van der Waals surface area contributed by atoms with Gasteiger partial charge in [-0.1, -0.05) is 36.4 Å². The Labute approximate surface area is 133 Å². The summed E-state index contributed by atoms with van der Waals surface area (Å²) in [5, 5.41) is 9.50. The Kier molecular flexibility index (Phi) is 3.08. The molecule has 0 spiro atoms. The lowest BCUT2D eigenvalue weighted by molar-refractivity contribution is -0.147. The second-order valence-corrected chi connectivity index (χ2v) is 5.77. The van der Waals surface area contributed by atoms with Crippen molar-refractivity contribution < 1.29 is 19.4 Å². The SMILES string of the molecule is O=C(O)[C@H]1CCC(=O)N1C1c2ccccc2Oc2ccccc21. The van der Waals surface area contributed by atoms with Crippen molar-refractivity contribution in [2.24, 2.45) is 0 Å².